The summed E-state index contributed by atoms with van der Waals surface area (Å²) in [6.07, 6.45) is 7.75. The van der Waals surface area contributed by atoms with E-state index < -0.39 is 10.7 Å². The van der Waals surface area contributed by atoms with Crippen LogP contribution < -0.4 is 0 Å². The van der Waals surface area contributed by atoms with Crippen molar-refractivity contribution in [2.24, 2.45) is 0 Å². The van der Waals surface area contributed by atoms with Crippen molar-refractivity contribution in [2.75, 3.05) is 0 Å². The Morgan fingerprint density at radius 3 is 1.73 bits per heavy atom. The van der Waals surface area contributed by atoms with Crippen LogP contribution in [0.5, 0.6) is 0 Å². The summed E-state index contributed by atoms with van der Waals surface area (Å²) < 4.78 is 21.3. The van der Waals surface area contributed by atoms with E-state index in [1.54, 1.807) is 0 Å². The molecule has 0 spiro atoms. The van der Waals surface area contributed by atoms with Crippen molar-refractivity contribution in [3.05, 3.63) is 0 Å². The zero-order valence-electron chi connectivity index (χ0n) is 6.79. The highest BCUT2D eigenvalue weighted by atomic mass is 32.2. The summed E-state index contributed by atoms with van der Waals surface area (Å²) in [6, 6.07) is 0. The lowest BCUT2D eigenvalue weighted by molar-refractivity contribution is 0.495. The zero-order valence-corrected chi connectivity index (χ0v) is 7.69. The molecule has 1 aliphatic rings. The molecular formula is C8H16O2S. The van der Waals surface area contributed by atoms with Crippen LogP contribution in [0.1, 0.15) is 44.9 Å². The standard InChI is InChI=1S/C8H16O2S/c9-11(10)8-6-4-2-1-3-5-7-8/h8,11H,1-7H2. The van der Waals surface area contributed by atoms with Gasteiger partial charge in [0.15, 0.2) is 0 Å². The molecule has 1 fully saturated rings. The highest BCUT2D eigenvalue weighted by Gasteiger charge is 2.12. The molecule has 2 nitrogen and oxygen atoms in total. The van der Waals surface area contributed by atoms with Crippen molar-refractivity contribution >= 4 is 10.7 Å². The molecule has 0 aromatic heterocycles. The average molecular weight is 176 g/mol. The Kier molecular flexibility index (Phi) is 3.91. The third kappa shape index (κ3) is 3.23. The minimum absolute atomic E-state index is 0.00898. The van der Waals surface area contributed by atoms with Gasteiger partial charge in [-0.1, -0.05) is 32.1 Å². The van der Waals surface area contributed by atoms with E-state index >= 15 is 0 Å². The molecule has 0 atom stereocenters. The molecule has 0 aliphatic heterocycles. The maximum absolute atomic E-state index is 10.7. The lowest BCUT2D eigenvalue weighted by Gasteiger charge is -2.13. The van der Waals surface area contributed by atoms with E-state index in [-0.39, 0.29) is 5.25 Å². The van der Waals surface area contributed by atoms with Gasteiger partial charge in [-0.2, -0.15) is 0 Å². The fourth-order valence-electron chi connectivity index (χ4n) is 1.65. The predicted molar refractivity (Wildman–Crippen MR) is 46.4 cm³/mol. The van der Waals surface area contributed by atoms with Gasteiger partial charge in [0.1, 0.15) is 10.7 Å². The number of rotatable bonds is 1. The van der Waals surface area contributed by atoms with Crippen LogP contribution in [0, 0.1) is 0 Å². The van der Waals surface area contributed by atoms with Gasteiger partial charge in [0, 0.05) is 0 Å². The Labute approximate surface area is 69.9 Å². The summed E-state index contributed by atoms with van der Waals surface area (Å²) in [5.41, 5.74) is 0. The average Bonchev–Trinajstić information content (AvgIpc) is 1.84. The summed E-state index contributed by atoms with van der Waals surface area (Å²) in [4.78, 5) is 0. The van der Waals surface area contributed by atoms with Crippen LogP contribution in [0.3, 0.4) is 0 Å². The maximum atomic E-state index is 10.7. The quantitative estimate of drug-likeness (QED) is 0.617. The number of thiol groups is 1. The molecule has 0 radical (unpaired) electrons. The molecule has 1 aliphatic carbocycles. The molecular weight excluding hydrogens is 160 g/mol. The summed E-state index contributed by atoms with van der Waals surface area (Å²) in [5.74, 6) is 0. The van der Waals surface area contributed by atoms with Crippen LogP contribution in [0.2, 0.25) is 0 Å². The Morgan fingerprint density at radius 2 is 1.27 bits per heavy atom. The molecule has 0 aromatic rings. The lowest BCUT2D eigenvalue weighted by atomic mass is 10.0. The highest BCUT2D eigenvalue weighted by Crippen LogP contribution is 2.18. The first kappa shape index (κ1) is 9.04. The first-order valence-corrected chi connectivity index (χ1v) is 5.69. The van der Waals surface area contributed by atoms with E-state index in [2.05, 4.69) is 0 Å². The third-order valence-electron chi connectivity index (χ3n) is 2.37. The van der Waals surface area contributed by atoms with Gasteiger partial charge in [-0.3, -0.25) is 0 Å². The molecule has 0 amide bonds. The van der Waals surface area contributed by atoms with Gasteiger partial charge in [-0.05, 0) is 12.8 Å². The van der Waals surface area contributed by atoms with E-state index in [0.29, 0.717) is 0 Å². The van der Waals surface area contributed by atoms with E-state index in [9.17, 15) is 8.42 Å². The normalized spacial score (nSPS) is 23.0. The molecule has 0 unspecified atom stereocenters. The highest BCUT2D eigenvalue weighted by molar-refractivity contribution is 7.73. The van der Waals surface area contributed by atoms with Gasteiger partial charge < -0.3 is 0 Å². The van der Waals surface area contributed by atoms with Gasteiger partial charge in [0.2, 0.25) is 0 Å². The molecule has 3 heteroatoms. The van der Waals surface area contributed by atoms with Gasteiger partial charge in [-0.25, -0.2) is 8.42 Å². The molecule has 0 aromatic carbocycles. The monoisotopic (exact) mass is 176 g/mol. The predicted octanol–water partition coefficient (Wildman–Crippen LogP) is 1.71. The number of hydrogen-bond donors (Lipinski definition) is 1. The van der Waals surface area contributed by atoms with Crippen LogP contribution in [0.4, 0.5) is 0 Å². The molecule has 66 valence electrons. The smallest absolute Gasteiger partial charge is 0.143 e. The first-order chi connectivity index (χ1) is 5.30. The fourth-order valence-corrected chi connectivity index (χ4v) is 2.43. The van der Waals surface area contributed by atoms with E-state index in [4.69, 9.17) is 0 Å². The van der Waals surface area contributed by atoms with Crippen molar-refractivity contribution in [1.82, 2.24) is 0 Å². The third-order valence-corrected chi connectivity index (χ3v) is 3.49. The van der Waals surface area contributed by atoms with Crippen molar-refractivity contribution < 1.29 is 8.42 Å². The van der Waals surface area contributed by atoms with Crippen LogP contribution in [-0.4, -0.2) is 13.7 Å². The Morgan fingerprint density at radius 1 is 0.818 bits per heavy atom. The molecule has 11 heavy (non-hydrogen) atoms. The summed E-state index contributed by atoms with van der Waals surface area (Å²) >= 11 is 0. The second-order valence-electron chi connectivity index (χ2n) is 3.28. The Bertz CT molecular complexity index is 159. The SMILES string of the molecule is O=[SH](=O)C1CCCCCCC1. The summed E-state index contributed by atoms with van der Waals surface area (Å²) in [6.45, 7) is 0. The fraction of sp³-hybridized carbons (Fsp3) is 1.00. The van der Waals surface area contributed by atoms with E-state index in [0.717, 1.165) is 25.7 Å². The molecule has 1 rings (SSSR count). The molecule has 0 saturated heterocycles. The van der Waals surface area contributed by atoms with Gasteiger partial charge >= 0.3 is 0 Å². The summed E-state index contributed by atoms with van der Waals surface area (Å²) in [5, 5.41) is -0.00898. The lowest BCUT2D eigenvalue weighted by Crippen LogP contribution is -2.11. The molecule has 0 N–H and O–H groups in total. The van der Waals surface area contributed by atoms with Crippen molar-refractivity contribution in [3.63, 3.8) is 0 Å². The largest absolute Gasteiger partial charge is 0.232 e. The zero-order chi connectivity index (χ0) is 8.10. The van der Waals surface area contributed by atoms with Gasteiger partial charge in [-0.15, -0.1) is 0 Å². The van der Waals surface area contributed by atoms with Crippen LogP contribution >= 0.6 is 0 Å². The first-order valence-electron chi connectivity index (χ1n) is 4.44. The van der Waals surface area contributed by atoms with Crippen LogP contribution in [0.25, 0.3) is 0 Å². The minimum Gasteiger partial charge on any atom is -0.232 e. The second-order valence-corrected chi connectivity index (χ2v) is 4.59. The van der Waals surface area contributed by atoms with Crippen LogP contribution in [-0.2, 0) is 10.7 Å². The maximum Gasteiger partial charge on any atom is 0.143 e. The van der Waals surface area contributed by atoms with E-state index in [1.165, 1.54) is 19.3 Å². The molecule has 0 bridgehead atoms. The second kappa shape index (κ2) is 4.75. The van der Waals surface area contributed by atoms with Crippen molar-refractivity contribution in [3.8, 4) is 0 Å². The topological polar surface area (TPSA) is 34.1 Å². The molecule has 1 saturated carbocycles. The van der Waals surface area contributed by atoms with E-state index in [1.807, 2.05) is 0 Å². The van der Waals surface area contributed by atoms with Crippen molar-refractivity contribution in [2.45, 2.75) is 50.2 Å². The van der Waals surface area contributed by atoms with Gasteiger partial charge in [0.25, 0.3) is 0 Å². The van der Waals surface area contributed by atoms with Crippen LogP contribution in [0.15, 0.2) is 0 Å². The Hall–Kier alpha value is -0.0500. The Balaban J connectivity index is 2.38. The van der Waals surface area contributed by atoms with Crippen molar-refractivity contribution in [1.29, 1.82) is 0 Å². The number of hydrogen-bond acceptors (Lipinski definition) is 2. The van der Waals surface area contributed by atoms with Gasteiger partial charge in [0.05, 0.1) is 5.25 Å². The summed E-state index contributed by atoms with van der Waals surface area (Å²) in [7, 11) is -2.15. The minimum atomic E-state index is -2.15. The molecule has 0 heterocycles.